The number of ether oxygens (including phenoxy) is 3. The normalized spacial score (nSPS) is 35.2. The summed E-state index contributed by atoms with van der Waals surface area (Å²) in [5.74, 6) is -0.356. The van der Waals surface area contributed by atoms with Crippen LogP contribution in [0.5, 0.6) is 0 Å². The van der Waals surface area contributed by atoms with Gasteiger partial charge in [-0.15, -0.1) is 0 Å². The van der Waals surface area contributed by atoms with Gasteiger partial charge in [0.1, 0.15) is 0 Å². The minimum absolute atomic E-state index is 0.356. The molecule has 2 aliphatic heterocycles. The second kappa shape index (κ2) is 2.73. The van der Waals surface area contributed by atoms with Crippen molar-refractivity contribution < 1.29 is 14.2 Å². The van der Waals surface area contributed by atoms with Gasteiger partial charge in [0.05, 0.1) is 19.3 Å². The molecule has 2 aliphatic rings. The fraction of sp³-hybridized carbons (Fsp3) is 1.00. The third-order valence-corrected chi connectivity index (χ3v) is 2.29. The Labute approximate surface area is 66.6 Å². The number of rotatable bonds is 2. The third kappa shape index (κ3) is 1.55. The van der Waals surface area contributed by atoms with Crippen molar-refractivity contribution in [2.75, 3.05) is 19.8 Å². The van der Waals surface area contributed by atoms with E-state index in [2.05, 4.69) is 0 Å². The molecule has 2 saturated heterocycles. The Morgan fingerprint density at radius 2 is 1.91 bits per heavy atom. The van der Waals surface area contributed by atoms with E-state index in [9.17, 15) is 0 Å². The van der Waals surface area contributed by atoms with Crippen molar-refractivity contribution in [3.8, 4) is 0 Å². The molecular weight excluding hydrogens is 144 g/mol. The number of hydrogen-bond donors (Lipinski definition) is 0. The van der Waals surface area contributed by atoms with E-state index in [-0.39, 0.29) is 5.79 Å². The molecule has 2 heterocycles. The Morgan fingerprint density at radius 1 is 1.27 bits per heavy atom. The minimum atomic E-state index is -0.356. The summed E-state index contributed by atoms with van der Waals surface area (Å²) in [5, 5.41) is 0. The summed E-state index contributed by atoms with van der Waals surface area (Å²) >= 11 is 0. The summed E-state index contributed by atoms with van der Waals surface area (Å²) in [6.07, 6.45) is 2.41. The van der Waals surface area contributed by atoms with Crippen molar-refractivity contribution in [1.29, 1.82) is 0 Å². The van der Waals surface area contributed by atoms with Crippen LogP contribution in [0.2, 0.25) is 0 Å². The second-order valence-corrected chi connectivity index (χ2v) is 3.32. The zero-order valence-corrected chi connectivity index (χ0v) is 6.84. The summed E-state index contributed by atoms with van der Waals surface area (Å²) in [4.78, 5) is 0. The predicted octanol–water partition coefficient (Wildman–Crippen LogP) is 0.928. The highest BCUT2D eigenvalue weighted by atomic mass is 16.7. The maximum Gasteiger partial charge on any atom is 0.168 e. The van der Waals surface area contributed by atoms with E-state index in [0.717, 1.165) is 32.7 Å². The fourth-order valence-electron chi connectivity index (χ4n) is 1.53. The molecule has 2 rings (SSSR count). The molecule has 0 radical (unpaired) electrons. The van der Waals surface area contributed by atoms with Gasteiger partial charge in [-0.2, -0.15) is 0 Å². The molecule has 3 heteroatoms. The molecule has 0 aromatic rings. The highest BCUT2D eigenvalue weighted by molar-refractivity contribution is 4.77. The SMILES string of the molecule is CC1(CC2CCO2)OCCO1. The fourth-order valence-corrected chi connectivity index (χ4v) is 1.53. The zero-order chi connectivity index (χ0) is 7.73. The Bertz CT molecular complexity index is 136. The highest BCUT2D eigenvalue weighted by Crippen LogP contribution is 2.29. The molecule has 0 bridgehead atoms. The molecule has 2 fully saturated rings. The van der Waals surface area contributed by atoms with E-state index in [1.165, 1.54) is 0 Å². The van der Waals surface area contributed by atoms with Gasteiger partial charge in [-0.3, -0.25) is 0 Å². The van der Waals surface area contributed by atoms with E-state index in [4.69, 9.17) is 14.2 Å². The molecule has 0 aromatic carbocycles. The number of hydrogen-bond acceptors (Lipinski definition) is 3. The van der Waals surface area contributed by atoms with E-state index in [0.29, 0.717) is 6.10 Å². The summed E-state index contributed by atoms with van der Waals surface area (Å²) < 4.78 is 16.2. The monoisotopic (exact) mass is 158 g/mol. The average molecular weight is 158 g/mol. The lowest BCUT2D eigenvalue weighted by molar-refractivity contribution is -0.187. The lowest BCUT2D eigenvalue weighted by Crippen LogP contribution is -2.37. The van der Waals surface area contributed by atoms with Crippen LogP contribution >= 0.6 is 0 Å². The quantitative estimate of drug-likeness (QED) is 0.598. The van der Waals surface area contributed by atoms with Crippen LogP contribution in [-0.4, -0.2) is 31.7 Å². The van der Waals surface area contributed by atoms with Crippen molar-refractivity contribution in [1.82, 2.24) is 0 Å². The van der Waals surface area contributed by atoms with Crippen molar-refractivity contribution in [3.63, 3.8) is 0 Å². The highest BCUT2D eigenvalue weighted by Gasteiger charge is 2.36. The molecule has 1 unspecified atom stereocenters. The summed E-state index contributed by atoms with van der Waals surface area (Å²) in [5.41, 5.74) is 0. The van der Waals surface area contributed by atoms with Gasteiger partial charge in [0.25, 0.3) is 0 Å². The van der Waals surface area contributed by atoms with Gasteiger partial charge in [0, 0.05) is 13.0 Å². The Hall–Kier alpha value is -0.120. The van der Waals surface area contributed by atoms with Crippen molar-refractivity contribution in [2.24, 2.45) is 0 Å². The van der Waals surface area contributed by atoms with Crippen LogP contribution in [-0.2, 0) is 14.2 Å². The molecule has 1 atom stereocenters. The molecule has 64 valence electrons. The molecule has 11 heavy (non-hydrogen) atoms. The van der Waals surface area contributed by atoms with Crippen LogP contribution in [0.3, 0.4) is 0 Å². The first kappa shape index (κ1) is 7.53. The van der Waals surface area contributed by atoms with Gasteiger partial charge in [-0.1, -0.05) is 0 Å². The second-order valence-electron chi connectivity index (χ2n) is 3.32. The lowest BCUT2D eigenvalue weighted by atomic mass is 10.0. The molecule has 0 amide bonds. The standard InChI is InChI=1S/C8H14O3/c1-8(10-4-5-11-8)6-7-2-3-9-7/h7H,2-6H2,1H3. The summed E-state index contributed by atoms with van der Waals surface area (Å²) in [6.45, 7) is 4.34. The van der Waals surface area contributed by atoms with Crippen LogP contribution in [0.1, 0.15) is 19.8 Å². The first-order valence-electron chi connectivity index (χ1n) is 4.18. The van der Waals surface area contributed by atoms with Crippen molar-refractivity contribution >= 4 is 0 Å². The van der Waals surface area contributed by atoms with Gasteiger partial charge in [0.2, 0.25) is 0 Å². The third-order valence-electron chi connectivity index (χ3n) is 2.29. The minimum Gasteiger partial charge on any atom is -0.378 e. The Balaban J connectivity index is 1.82. The van der Waals surface area contributed by atoms with Crippen LogP contribution in [0.4, 0.5) is 0 Å². The van der Waals surface area contributed by atoms with E-state index in [1.54, 1.807) is 0 Å². The molecule has 0 spiro atoms. The molecule has 3 nitrogen and oxygen atoms in total. The van der Waals surface area contributed by atoms with Crippen LogP contribution in [0.15, 0.2) is 0 Å². The van der Waals surface area contributed by atoms with E-state index in [1.807, 2.05) is 6.92 Å². The molecule has 0 saturated carbocycles. The van der Waals surface area contributed by atoms with Gasteiger partial charge in [0.15, 0.2) is 5.79 Å². The van der Waals surface area contributed by atoms with Crippen LogP contribution in [0.25, 0.3) is 0 Å². The zero-order valence-electron chi connectivity index (χ0n) is 6.84. The first-order chi connectivity index (χ1) is 5.29. The van der Waals surface area contributed by atoms with Crippen LogP contribution < -0.4 is 0 Å². The van der Waals surface area contributed by atoms with Gasteiger partial charge < -0.3 is 14.2 Å². The predicted molar refractivity (Wildman–Crippen MR) is 39.3 cm³/mol. The smallest absolute Gasteiger partial charge is 0.168 e. The largest absolute Gasteiger partial charge is 0.378 e. The first-order valence-corrected chi connectivity index (χ1v) is 4.18. The molecule has 0 aromatic heterocycles. The van der Waals surface area contributed by atoms with Crippen molar-refractivity contribution in [2.45, 2.75) is 31.7 Å². The maximum absolute atomic E-state index is 5.44. The molecule has 0 aliphatic carbocycles. The van der Waals surface area contributed by atoms with Crippen LogP contribution in [0, 0.1) is 0 Å². The Morgan fingerprint density at radius 3 is 2.36 bits per heavy atom. The van der Waals surface area contributed by atoms with Gasteiger partial charge in [-0.25, -0.2) is 0 Å². The lowest BCUT2D eigenvalue weighted by Gasteiger charge is -2.32. The van der Waals surface area contributed by atoms with E-state index >= 15 is 0 Å². The average Bonchev–Trinajstić information content (AvgIpc) is 2.29. The molecule has 0 N–H and O–H groups in total. The molecular formula is C8H14O3. The maximum atomic E-state index is 5.44. The topological polar surface area (TPSA) is 27.7 Å². The summed E-state index contributed by atoms with van der Waals surface area (Å²) in [6, 6.07) is 0. The summed E-state index contributed by atoms with van der Waals surface area (Å²) in [7, 11) is 0. The van der Waals surface area contributed by atoms with Gasteiger partial charge in [-0.05, 0) is 13.3 Å². The van der Waals surface area contributed by atoms with Gasteiger partial charge >= 0.3 is 0 Å². The van der Waals surface area contributed by atoms with Crippen molar-refractivity contribution in [3.05, 3.63) is 0 Å². The van der Waals surface area contributed by atoms with E-state index < -0.39 is 0 Å². The Kier molecular flexibility index (Phi) is 1.87.